The summed E-state index contributed by atoms with van der Waals surface area (Å²) in [6.45, 7) is 8.04. The maximum absolute atomic E-state index is 13.8. The van der Waals surface area contributed by atoms with Gasteiger partial charge in [0.2, 0.25) is 0 Å². The van der Waals surface area contributed by atoms with Crippen LogP contribution in [0.5, 0.6) is 11.5 Å². The van der Waals surface area contributed by atoms with Gasteiger partial charge in [-0.3, -0.25) is 0 Å². The quantitative estimate of drug-likeness (QED) is 0.121. The van der Waals surface area contributed by atoms with Gasteiger partial charge in [0.1, 0.15) is 11.5 Å². The Morgan fingerprint density at radius 3 is 1.58 bits per heavy atom. The molecule has 0 spiro atoms. The van der Waals surface area contributed by atoms with Crippen molar-refractivity contribution in [2.24, 2.45) is 0 Å². The number of halogens is 1. The molecule has 0 aliphatic rings. The van der Waals surface area contributed by atoms with Gasteiger partial charge < -0.3 is 22.1 Å². The zero-order chi connectivity index (χ0) is 33.8. The number of nitrogens with zero attached hydrogens (tertiary/aromatic N) is 6. The van der Waals surface area contributed by atoms with Gasteiger partial charge in [-0.1, -0.05) is 38.1 Å². The largest absolute Gasteiger partial charge is 1.00 e. The molecule has 0 radical (unpaired) electrons. The standard InChI is InChI=1S/C18H19N3OS.C16H14FN3O.C2H6S.Na/c1-4-23-17-6-5-11-19-18(17)21-13(2)16(12-20-21)14-7-9-15(22-3)10-8-14;1-11-14(12-5-7-13(21-2)8-6-12)10-19-20(11)16-15(17)4-3-9-18-16;1-2-3;/h5-12H,4H2,1-3H3;3-10H,1-2H3;3H,2H2,1H3;/q;;;+1/p-1. The first-order valence-electron chi connectivity index (χ1n) is 15.0. The summed E-state index contributed by atoms with van der Waals surface area (Å²) in [7, 11) is 3.30. The molecule has 244 valence electrons. The zero-order valence-corrected chi connectivity index (χ0v) is 32.0. The monoisotopic (exact) mass is 692 g/mol. The van der Waals surface area contributed by atoms with E-state index in [1.165, 1.54) is 10.7 Å². The van der Waals surface area contributed by atoms with Crippen LogP contribution < -0.4 is 39.0 Å². The Kier molecular flexibility index (Phi) is 15.7. The fourth-order valence-corrected chi connectivity index (χ4v) is 5.45. The minimum atomic E-state index is -0.398. The molecule has 0 aliphatic heterocycles. The molecule has 0 amide bonds. The van der Waals surface area contributed by atoms with Crippen LogP contribution in [0.4, 0.5) is 4.39 Å². The Bertz CT molecular complexity index is 1860. The third-order valence-corrected chi connectivity index (χ3v) is 7.93. The van der Waals surface area contributed by atoms with Crippen molar-refractivity contribution in [2.75, 3.05) is 25.7 Å². The topological polar surface area (TPSA) is 79.9 Å². The smallest absolute Gasteiger partial charge is 0.793 e. The van der Waals surface area contributed by atoms with Gasteiger partial charge in [0.05, 0.1) is 42.9 Å². The molecule has 0 saturated carbocycles. The summed E-state index contributed by atoms with van der Waals surface area (Å²) in [5.74, 6) is 4.17. The van der Waals surface area contributed by atoms with E-state index in [9.17, 15) is 4.39 Å². The number of pyridine rings is 2. The van der Waals surface area contributed by atoms with Gasteiger partial charge in [-0.15, -0.1) is 11.8 Å². The second-order valence-corrected chi connectivity index (χ2v) is 11.8. The van der Waals surface area contributed by atoms with Crippen LogP contribution in [0.3, 0.4) is 0 Å². The van der Waals surface area contributed by atoms with Crippen LogP contribution in [-0.4, -0.2) is 55.3 Å². The number of methoxy groups -OCH3 is 2. The van der Waals surface area contributed by atoms with Crippen molar-refractivity contribution in [3.05, 3.63) is 115 Å². The first-order chi connectivity index (χ1) is 22.9. The molecule has 8 nitrogen and oxygen atoms in total. The van der Waals surface area contributed by atoms with E-state index in [-0.39, 0.29) is 35.4 Å². The number of thioether (sulfide) groups is 1. The number of rotatable bonds is 8. The number of hydrogen-bond donors (Lipinski definition) is 0. The summed E-state index contributed by atoms with van der Waals surface area (Å²) in [6.07, 6.45) is 6.97. The van der Waals surface area contributed by atoms with Crippen molar-refractivity contribution >= 4 is 24.4 Å². The maximum Gasteiger partial charge on any atom is 1.00 e. The average molecular weight is 693 g/mol. The van der Waals surface area contributed by atoms with Crippen LogP contribution >= 0.6 is 11.8 Å². The van der Waals surface area contributed by atoms with Crippen molar-refractivity contribution < 1.29 is 43.4 Å². The fourth-order valence-electron chi connectivity index (χ4n) is 4.70. The molecule has 0 N–H and O–H groups in total. The molecule has 0 saturated heterocycles. The van der Waals surface area contributed by atoms with Crippen LogP contribution in [0.1, 0.15) is 25.2 Å². The van der Waals surface area contributed by atoms with Gasteiger partial charge >= 0.3 is 29.6 Å². The first kappa shape index (κ1) is 38.8. The Balaban J connectivity index is 0.000000237. The second kappa shape index (κ2) is 19.4. The van der Waals surface area contributed by atoms with E-state index in [1.807, 2.05) is 85.5 Å². The molecule has 0 aliphatic carbocycles. The predicted octanol–water partition coefficient (Wildman–Crippen LogP) is 5.31. The Morgan fingerprint density at radius 1 is 0.708 bits per heavy atom. The van der Waals surface area contributed by atoms with Gasteiger partial charge in [0.15, 0.2) is 17.5 Å². The molecule has 0 fully saturated rings. The fraction of sp³-hybridized carbons (Fsp3) is 0.222. The summed E-state index contributed by atoms with van der Waals surface area (Å²) >= 11 is 6.17. The molecule has 2 aromatic carbocycles. The maximum atomic E-state index is 13.8. The van der Waals surface area contributed by atoms with Gasteiger partial charge in [0.25, 0.3) is 0 Å². The Labute approximate surface area is 313 Å². The summed E-state index contributed by atoms with van der Waals surface area (Å²) in [5.41, 5.74) is 6.06. The van der Waals surface area contributed by atoms with Gasteiger partial charge in [-0.05, 0) is 79.3 Å². The summed E-state index contributed by atoms with van der Waals surface area (Å²) in [5, 5.41) is 8.81. The van der Waals surface area contributed by atoms with E-state index in [0.29, 0.717) is 0 Å². The molecule has 6 rings (SSSR count). The summed E-state index contributed by atoms with van der Waals surface area (Å²) < 4.78 is 27.6. The van der Waals surface area contributed by atoms with Crippen LogP contribution in [0, 0.1) is 19.7 Å². The first-order valence-corrected chi connectivity index (χ1v) is 16.6. The SMILES string of the molecule is CCSc1cccnc1-n1ncc(-c2ccc(OC)cc2)c1C.CC[S-].COc1ccc(-c2cnn(-c3ncccc3F)c2C)cc1.[Na+]. The van der Waals surface area contributed by atoms with Crippen molar-refractivity contribution in [2.45, 2.75) is 32.6 Å². The molecule has 4 aromatic heterocycles. The van der Waals surface area contributed by atoms with Crippen molar-refractivity contribution in [3.63, 3.8) is 0 Å². The third kappa shape index (κ3) is 9.51. The molecular formula is C36H38FN6NaO2S2. The normalized spacial score (nSPS) is 10.2. The molecular weight excluding hydrogens is 655 g/mol. The van der Waals surface area contributed by atoms with E-state index in [2.05, 4.69) is 52.7 Å². The summed E-state index contributed by atoms with van der Waals surface area (Å²) in [6, 6.07) is 22.7. The third-order valence-electron chi connectivity index (χ3n) is 7.01. The van der Waals surface area contributed by atoms with Crippen molar-refractivity contribution in [1.82, 2.24) is 29.5 Å². The van der Waals surface area contributed by atoms with E-state index >= 15 is 0 Å². The Hall–Kier alpha value is -3.61. The van der Waals surface area contributed by atoms with Crippen LogP contribution in [0.2, 0.25) is 0 Å². The van der Waals surface area contributed by atoms with E-state index < -0.39 is 5.82 Å². The minimum absolute atomic E-state index is 0. The number of aromatic nitrogens is 6. The van der Waals surface area contributed by atoms with Crippen LogP contribution in [-0.2, 0) is 12.6 Å². The Morgan fingerprint density at radius 2 is 1.15 bits per heavy atom. The van der Waals surface area contributed by atoms with Gasteiger partial charge in [-0.2, -0.15) is 16.0 Å². The average Bonchev–Trinajstić information content (AvgIpc) is 3.68. The minimum Gasteiger partial charge on any atom is -0.793 e. The molecule has 0 bridgehead atoms. The van der Waals surface area contributed by atoms with E-state index in [0.717, 1.165) is 67.4 Å². The van der Waals surface area contributed by atoms with E-state index in [4.69, 9.17) is 9.47 Å². The second-order valence-electron chi connectivity index (χ2n) is 9.92. The molecule has 12 heteroatoms. The van der Waals surface area contributed by atoms with Crippen LogP contribution in [0.15, 0.2) is 102 Å². The van der Waals surface area contributed by atoms with Gasteiger partial charge in [-0.25, -0.2) is 23.7 Å². The van der Waals surface area contributed by atoms with Gasteiger partial charge in [0, 0.05) is 23.5 Å². The molecule has 0 atom stereocenters. The van der Waals surface area contributed by atoms with Crippen molar-refractivity contribution in [1.29, 1.82) is 0 Å². The molecule has 4 heterocycles. The molecule has 0 unspecified atom stereocenters. The molecule has 48 heavy (non-hydrogen) atoms. The van der Waals surface area contributed by atoms with Crippen LogP contribution in [0.25, 0.3) is 33.9 Å². The number of ether oxygens (including phenoxy) is 2. The number of hydrogen-bond acceptors (Lipinski definition) is 8. The number of benzene rings is 2. The zero-order valence-electron chi connectivity index (χ0n) is 28.3. The van der Waals surface area contributed by atoms with Crippen molar-refractivity contribution in [3.8, 4) is 45.4 Å². The molecule has 6 aromatic rings. The summed E-state index contributed by atoms with van der Waals surface area (Å²) in [4.78, 5) is 9.71. The predicted molar refractivity (Wildman–Crippen MR) is 190 cm³/mol. The van der Waals surface area contributed by atoms with E-state index in [1.54, 1.807) is 44.4 Å².